The van der Waals surface area contributed by atoms with E-state index in [1.165, 1.54) is 0 Å². The van der Waals surface area contributed by atoms with Crippen LogP contribution in [0.3, 0.4) is 0 Å². The maximum Gasteiger partial charge on any atom is 0.454 e. The molecule has 0 aliphatic carbocycles. The van der Waals surface area contributed by atoms with Crippen LogP contribution in [0.2, 0.25) is 0 Å². The molecule has 6 nitrogen and oxygen atoms in total. The summed E-state index contributed by atoms with van der Waals surface area (Å²) in [7, 11) is 0. The molecule has 1 rings (SSSR count). The fraction of sp³-hybridized carbons (Fsp3) is 0.250. The van der Waals surface area contributed by atoms with E-state index in [9.17, 15) is 20.2 Å². The number of hydrogen-bond donors (Lipinski definition) is 0. The Morgan fingerprint density at radius 2 is 1.57 bits per heavy atom. The fourth-order valence-electron chi connectivity index (χ4n) is 1.05. The van der Waals surface area contributed by atoms with Crippen molar-refractivity contribution >= 4 is 0 Å². The van der Waals surface area contributed by atoms with Crippen molar-refractivity contribution in [3.63, 3.8) is 0 Å². The Morgan fingerprint density at radius 1 is 1.07 bits per heavy atom. The number of rotatable bonds is 4. The molecule has 0 spiro atoms. The van der Waals surface area contributed by atoms with Gasteiger partial charge in [0.1, 0.15) is 6.42 Å². The summed E-state index contributed by atoms with van der Waals surface area (Å²) in [6.45, 7) is 0. The van der Waals surface area contributed by atoms with E-state index in [1.807, 2.05) is 0 Å². The minimum Gasteiger partial charge on any atom is -0.259 e. The lowest BCUT2D eigenvalue weighted by Crippen LogP contribution is -2.30. The van der Waals surface area contributed by atoms with Crippen molar-refractivity contribution in [1.29, 1.82) is 0 Å². The van der Waals surface area contributed by atoms with Gasteiger partial charge in [0.25, 0.3) is 0 Å². The van der Waals surface area contributed by atoms with Gasteiger partial charge in [-0.1, -0.05) is 30.3 Å². The second-order valence-corrected chi connectivity index (χ2v) is 2.74. The summed E-state index contributed by atoms with van der Waals surface area (Å²) in [5.74, 6) is 0. The average Bonchev–Trinajstić information content (AvgIpc) is 2.15. The number of nitro groups is 2. The minimum absolute atomic E-state index is 0.180. The van der Waals surface area contributed by atoms with Crippen molar-refractivity contribution in [2.75, 3.05) is 0 Å². The highest BCUT2D eigenvalue weighted by atomic mass is 16.7. The first-order valence-corrected chi connectivity index (χ1v) is 3.92. The van der Waals surface area contributed by atoms with Crippen molar-refractivity contribution in [1.82, 2.24) is 0 Å². The van der Waals surface area contributed by atoms with E-state index in [0.717, 1.165) is 0 Å². The molecular weight excluding hydrogens is 188 g/mol. The first-order chi connectivity index (χ1) is 6.61. The van der Waals surface area contributed by atoms with Gasteiger partial charge < -0.3 is 0 Å². The van der Waals surface area contributed by atoms with Crippen LogP contribution in [0.15, 0.2) is 30.3 Å². The van der Waals surface area contributed by atoms with Gasteiger partial charge >= 0.3 is 6.17 Å². The van der Waals surface area contributed by atoms with E-state index in [0.29, 0.717) is 5.56 Å². The van der Waals surface area contributed by atoms with E-state index in [2.05, 4.69) is 0 Å². The van der Waals surface area contributed by atoms with Crippen LogP contribution in [0.4, 0.5) is 0 Å². The number of hydrogen-bond acceptors (Lipinski definition) is 4. The number of nitrogens with zero attached hydrogens (tertiary/aromatic N) is 2. The summed E-state index contributed by atoms with van der Waals surface area (Å²) < 4.78 is 0. The van der Waals surface area contributed by atoms with Crippen molar-refractivity contribution < 1.29 is 9.85 Å². The van der Waals surface area contributed by atoms with Crippen LogP contribution in [0.1, 0.15) is 5.56 Å². The van der Waals surface area contributed by atoms with Gasteiger partial charge in [0.15, 0.2) is 0 Å². The third-order valence-corrected chi connectivity index (χ3v) is 1.75. The molecule has 0 atom stereocenters. The first kappa shape index (κ1) is 10.1. The van der Waals surface area contributed by atoms with E-state index in [1.54, 1.807) is 30.3 Å². The van der Waals surface area contributed by atoms with Gasteiger partial charge in [0, 0.05) is 0 Å². The van der Waals surface area contributed by atoms with Crippen molar-refractivity contribution in [3.05, 3.63) is 56.1 Å². The summed E-state index contributed by atoms with van der Waals surface area (Å²) in [6, 6.07) is 8.37. The molecule has 14 heavy (non-hydrogen) atoms. The smallest absolute Gasteiger partial charge is 0.259 e. The highest BCUT2D eigenvalue weighted by Crippen LogP contribution is 2.05. The molecule has 0 N–H and O–H groups in total. The lowest BCUT2D eigenvalue weighted by molar-refractivity contribution is -0.741. The molecule has 0 aromatic heterocycles. The molecule has 0 radical (unpaired) electrons. The Bertz CT molecular complexity index is 324. The standard InChI is InChI=1S/C8H8N2O4/c11-9(12)8(10(13)14)6-7-4-2-1-3-5-7/h1-5,8H,6H2. The van der Waals surface area contributed by atoms with Crippen LogP contribution in [-0.2, 0) is 6.42 Å². The second-order valence-electron chi connectivity index (χ2n) is 2.74. The van der Waals surface area contributed by atoms with Crippen molar-refractivity contribution in [2.24, 2.45) is 0 Å². The molecule has 0 fully saturated rings. The summed E-state index contributed by atoms with van der Waals surface area (Å²) >= 11 is 0. The van der Waals surface area contributed by atoms with Gasteiger partial charge in [-0.2, -0.15) is 0 Å². The minimum atomic E-state index is -1.75. The molecule has 0 amide bonds. The molecule has 74 valence electrons. The Kier molecular flexibility index (Phi) is 3.11. The Balaban J connectivity index is 2.75. The van der Waals surface area contributed by atoms with E-state index in [4.69, 9.17) is 0 Å². The molecule has 0 aliphatic heterocycles. The zero-order chi connectivity index (χ0) is 10.6. The van der Waals surface area contributed by atoms with Gasteiger partial charge in [0.05, 0.1) is 9.85 Å². The second kappa shape index (κ2) is 4.31. The lowest BCUT2D eigenvalue weighted by Gasteiger charge is -2.01. The van der Waals surface area contributed by atoms with Crippen LogP contribution in [0.5, 0.6) is 0 Å². The quantitative estimate of drug-likeness (QED) is 0.410. The highest BCUT2D eigenvalue weighted by molar-refractivity contribution is 5.14. The zero-order valence-corrected chi connectivity index (χ0v) is 7.20. The molecule has 0 bridgehead atoms. The third-order valence-electron chi connectivity index (χ3n) is 1.75. The molecule has 0 aliphatic rings. The van der Waals surface area contributed by atoms with Crippen LogP contribution in [-0.4, -0.2) is 16.0 Å². The van der Waals surface area contributed by atoms with E-state index >= 15 is 0 Å². The Morgan fingerprint density at radius 3 is 2.00 bits per heavy atom. The predicted molar refractivity (Wildman–Crippen MR) is 47.9 cm³/mol. The van der Waals surface area contributed by atoms with Crippen molar-refractivity contribution in [3.8, 4) is 0 Å². The molecule has 6 heteroatoms. The van der Waals surface area contributed by atoms with E-state index < -0.39 is 16.0 Å². The average molecular weight is 196 g/mol. The Hall–Kier alpha value is -1.98. The van der Waals surface area contributed by atoms with Gasteiger partial charge in [-0.05, 0) is 5.56 Å². The van der Waals surface area contributed by atoms with Gasteiger partial charge in [0.2, 0.25) is 0 Å². The van der Waals surface area contributed by atoms with Crippen LogP contribution in [0, 0.1) is 20.2 Å². The highest BCUT2D eigenvalue weighted by Gasteiger charge is 2.31. The molecule has 0 heterocycles. The molecule has 1 aromatic carbocycles. The van der Waals surface area contributed by atoms with Gasteiger partial charge in [-0.25, -0.2) is 0 Å². The SMILES string of the molecule is O=[N+]([O-])C(Cc1ccccc1)[N+](=O)[O-]. The topological polar surface area (TPSA) is 86.3 Å². The first-order valence-electron chi connectivity index (χ1n) is 3.92. The van der Waals surface area contributed by atoms with Crippen LogP contribution in [0.25, 0.3) is 0 Å². The summed E-state index contributed by atoms with van der Waals surface area (Å²) in [5.41, 5.74) is 0.589. The largest absolute Gasteiger partial charge is 0.454 e. The third kappa shape index (κ3) is 2.51. The summed E-state index contributed by atoms with van der Waals surface area (Å²) in [5, 5.41) is 20.6. The van der Waals surface area contributed by atoms with E-state index in [-0.39, 0.29) is 6.42 Å². The van der Waals surface area contributed by atoms with Crippen LogP contribution < -0.4 is 0 Å². The van der Waals surface area contributed by atoms with Gasteiger partial charge in [-0.15, -0.1) is 0 Å². The molecule has 0 saturated carbocycles. The molecule has 0 unspecified atom stereocenters. The van der Waals surface area contributed by atoms with Crippen LogP contribution >= 0.6 is 0 Å². The maximum absolute atomic E-state index is 10.3. The van der Waals surface area contributed by atoms with Crippen molar-refractivity contribution in [2.45, 2.75) is 12.6 Å². The predicted octanol–water partition coefficient (Wildman–Crippen LogP) is 1.11. The molecule has 0 saturated heterocycles. The summed E-state index contributed by atoms with van der Waals surface area (Å²) in [6.07, 6.45) is -1.93. The number of benzene rings is 1. The molecule has 1 aromatic rings. The fourth-order valence-corrected chi connectivity index (χ4v) is 1.05. The lowest BCUT2D eigenvalue weighted by atomic mass is 10.1. The monoisotopic (exact) mass is 196 g/mol. The van der Waals surface area contributed by atoms with Gasteiger partial charge in [-0.3, -0.25) is 20.2 Å². The maximum atomic E-state index is 10.3. The summed E-state index contributed by atoms with van der Waals surface area (Å²) in [4.78, 5) is 18.9. The normalized spacial score (nSPS) is 10.1. The zero-order valence-electron chi connectivity index (χ0n) is 7.20. The molecular formula is C8H8N2O4. The Labute approximate surface area is 79.5 Å².